The minimum Gasteiger partial charge on any atom is -0.355 e. The minimum absolute atomic E-state index is 0.0903. The molecule has 1 saturated heterocycles. The highest BCUT2D eigenvalue weighted by molar-refractivity contribution is 5.93. The maximum Gasteiger partial charge on any atom is 0.252 e. The van der Waals surface area contributed by atoms with E-state index in [0.717, 1.165) is 25.1 Å². The molecular formula is C18H23N5O3. The molecule has 3 heterocycles. The fourth-order valence-electron chi connectivity index (χ4n) is 3.18. The Kier molecular flexibility index (Phi) is 5.60. The van der Waals surface area contributed by atoms with Gasteiger partial charge in [-0.3, -0.25) is 14.6 Å². The summed E-state index contributed by atoms with van der Waals surface area (Å²) >= 11 is 0. The van der Waals surface area contributed by atoms with Gasteiger partial charge in [0.25, 0.3) is 5.91 Å². The Hall–Kier alpha value is -2.77. The molecule has 0 aliphatic carbocycles. The lowest BCUT2D eigenvalue weighted by Crippen LogP contribution is -2.39. The molecule has 1 fully saturated rings. The Balaban J connectivity index is 1.57. The molecule has 0 bridgehead atoms. The maximum absolute atomic E-state index is 12.5. The highest BCUT2D eigenvalue weighted by Crippen LogP contribution is 2.26. The van der Waals surface area contributed by atoms with E-state index in [0.29, 0.717) is 36.7 Å². The Bertz CT molecular complexity index is 771. The van der Waals surface area contributed by atoms with Gasteiger partial charge in [-0.25, -0.2) is 0 Å². The average Bonchev–Trinajstić information content (AvgIpc) is 3.11. The molecule has 0 radical (unpaired) electrons. The molecule has 8 heteroatoms. The van der Waals surface area contributed by atoms with Crippen LogP contribution in [0.3, 0.4) is 0 Å². The Labute approximate surface area is 152 Å². The number of carbonyl (C=O) groups excluding carboxylic acids is 2. The monoisotopic (exact) mass is 357 g/mol. The van der Waals surface area contributed by atoms with E-state index in [1.165, 1.54) is 0 Å². The van der Waals surface area contributed by atoms with Crippen LogP contribution in [0.25, 0.3) is 0 Å². The molecular weight excluding hydrogens is 334 g/mol. The highest BCUT2D eigenvalue weighted by Gasteiger charge is 2.25. The van der Waals surface area contributed by atoms with E-state index >= 15 is 0 Å². The second-order valence-corrected chi connectivity index (χ2v) is 6.47. The molecule has 2 aromatic rings. The summed E-state index contributed by atoms with van der Waals surface area (Å²) in [5.41, 5.74) is 1.46. The van der Waals surface area contributed by atoms with Crippen molar-refractivity contribution in [1.29, 1.82) is 0 Å². The Morgan fingerprint density at radius 3 is 2.88 bits per heavy atom. The van der Waals surface area contributed by atoms with E-state index in [1.807, 2.05) is 11.0 Å². The van der Waals surface area contributed by atoms with Gasteiger partial charge in [0.2, 0.25) is 11.8 Å². The Morgan fingerprint density at radius 2 is 2.23 bits per heavy atom. The van der Waals surface area contributed by atoms with Gasteiger partial charge in [-0.2, -0.15) is 4.98 Å². The summed E-state index contributed by atoms with van der Waals surface area (Å²) in [6, 6.07) is 3.66. The van der Waals surface area contributed by atoms with Crippen molar-refractivity contribution in [2.24, 2.45) is 0 Å². The number of likely N-dealkylation sites (tertiary alicyclic amines) is 1. The second-order valence-electron chi connectivity index (χ2n) is 6.47. The van der Waals surface area contributed by atoms with Gasteiger partial charge in [0.15, 0.2) is 5.82 Å². The number of piperidine rings is 1. The topological polar surface area (TPSA) is 101 Å². The molecule has 1 atom stereocenters. The number of amides is 2. The number of aromatic nitrogens is 3. The first-order chi connectivity index (χ1) is 12.6. The van der Waals surface area contributed by atoms with Crippen LogP contribution in [0.5, 0.6) is 0 Å². The van der Waals surface area contributed by atoms with E-state index < -0.39 is 0 Å². The molecule has 0 spiro atoms. The first-order valence-corrected chi connectivity index (χ1v) is 8.82. The summed E-state index contributed by atoms with van der Waals surface area (Å²) in [6.45, 7) is 3.16. The van der Waals surface area contributed by atoms with Gasteiger partial charge in [0.05, 0.1) is 5.56 Å². The van der Waals surface area contributed by atoms with Gasteiger partial charge in [-0.15, -0.1) is 0 Å². The van der Waals surface area contributed by atoms with Crippen LogP contribution in [0.4, 0.5) is 0 Å². The lowest BCUT2D eigenvalue weighted by atomic mass is 9.93. The van der Waals surface area contributed by atoms with Crippen LogP contribution in [0.1, 0.15) is 52.9 Å². The molecule has 26 heavy (non-hydrogen) atoms. The zero-order valence-corrected chi connectivity index (χ0v) is 15.1. The smallest absolute Gasteiger partial charge is 0.252 e. The quantitative estimate of drug-likeness (QED) is 0.869. The largest absolute Gasteiger partial charge is 0.355 e. The normalized spacial score (nSPS) is 17.2. The second kappa shape index (κ2) is 8.07. The van der Waals surface area contributed by atoms with Gasteiger partial charge in [-0.1, -0.05) is 5.16 Å². The molecule has 3 rings (SSSR count). The molecule has 1 aliphatic heterocycles. The van der Waals surface area contributed by atoms with Gasteiger partial charge in [-0.05, 0) is 31.9 Å². The third-order valence-corrected chi connectivity index (χ3v) is 4.59. The van der Waals surface area contributed by atoms with Crippen LogP contribution >= 0.6 is 0 Å². The number of hydrogen-bond donors (Lipinski definition) is 1. The van der Waals surface area contributed by atoms with Crippen molar-refractivity contribution >= 4 is 11.8 Å². The zero-order chi connectivity index (χ0) is 18.5. The molecule has 138 valence electrons. The van der Waals surface area contributed by atoms with E-state index in [2.05, 4.69) is 20.4 Å². The fourth-order valence-corrected chi connectivity index (χ4v) is 3.18. The first kappa shape index (κ1) is 18.0. The van der Waals surface area contributed by atoms with Crippen LogP contribution in [0.2, 0.25) is 0 Å². The van der Waals surface area contributed by atoms with E-state index in [-0.39, 0.29) is 17.7 Å². The van der Waals surface area contributed by atoms with Crippen LogP contribution in [0, 0.1) is 6.92 Å². The van der Waals surface area contributed by atoms with Crippen LogP contribution in [-0.4, -0.2) is 52.0 Å². The molecule has 8 nitrogen and oxygen atoms in total. The van der Waals surface area contributed by atoms with Crippen LogP contribution in [-0.2, 0) is 11.2 Å². The van der Waals surface area contributed by atoms with Gasteiger partial charge < -0.3 is 14.7 Å². The number of pyridine rings is 1. The number of rotatable bonds is 5. The van der Waals surface area contributed by atoms with Crippen LogP contribution in [0.15, 0.2) is 22.9 Å². The molecule has 2 aromatic heterocycles. The lowest BCUT2D eigenvalue weighted by Gasteiger charge is -2.32. The maximum atomic E-state index is 12.5. The van der Waals surface area contributed by atoms with Crippen molar-refractivity contribution in [1.82, 2.24) is 25.3 Å². The van der Waals surface area contributed by atoms with Gasteiger partial charge in [0.1, 0.15) is 0 Å². The molecule has 0 saturated carbocycles. The molecule has 2 amide bonds. The van der Waals surface area contributed by atoms with Crippen molar-refractivity contribution in [3.05, 3.63) is 41.3 Å². The van der Waals surface area contributed by atoms with Crippen molar-refractivity contribution in [3.8, 4) is 0 Å². The van der Waals surface area contributed by atoms with Crippen molar-refractivity contribution in [2.75, 3.05) is 20.1 Å². The predicted molar refractivity (Wildman–Crippen MR) is 93.5 cm³/mol. The van der Waals surface area contributed by atoms with Crippen molar-refractivity contribution in [3.63, 3.8) is 0 Å². The number of nitrogens with one attached hydrogen (secondary N) is 1. The highest BCUT2D eigenvalue weighted by atomic mass is 16.5. The number of hydrogen-bond acceptors (Lipinski definition) is 6. The van der Waals surface area contributed by atoms with Gasteiger partial charge in [0, 0.05) is 50.8 Å². The van der Waals surface area contributed by atoms with E-state index in [4.69, 9.17) is 4.52 Å². The predicted octanol–water partition coefficient (Wildman–Crippen LogP) is 1.47. The standard InChI is InChI=1S/C18H23N5O3/c1-12-21-16(26-22-12)7-8-17(24)23-9-3-4-14(11-23)15-6-5-13(10-20-15)18(25)19-2/h5-6,10,14H,3-4,7-9,11H2,1-2H3,(H,19,25)/t14-/m1/s1. The minimum atomic E-state index is -0.152. The van der Waals surface area contributed by atoms with E-state index in [1.54, 1.807) is 26.2 Å². The molecule has 1 aliphatic rings. The lowest BCUT2D eigenvalue weighted by molar-refractivity contribution is -0.132. The van der Waals surface area contributed by atoms with Crippen LogP contribution < -0.4 is 5.32 Å². The number of carbonyl (C=O) groups is 2. The zero-order valence-electron chi connectivity index (χ0n) is 15.1. The number of aryl methyl sites for hydroxylation is 2. The first-order valence-electron chi connectivity index (χ1n) is 8.82. The molecule has 1 N–H and O–H groups in total. The fraction of sp³-hybridized carbons (Fsp3) is 0.500. The average molecular weight is 357 g/mol. The SMILES string of the molecule is CNC(=O)c1ccc([C@@H]2CCCN(C(=O)CCc3nc(C)no3)C2)nc1. The van der Waals surface area contributed by atoms with Crippen molar-refractivity contribution < 1.29 is 14.1 Å². The third-order valence-electron chi connectivity index (χ3n) is 4.59. The summed E-state index contributed by atoms with van der Waals surface area (Å²) in [5.74, 6) is 1.21. The van der Waals surface area contributed by atoms with Crippen molar-refractivity contribution in [2.45, 2.75) is 38.5 Å². The molecule has 0 aromatic carbocycles. The summed E-state index contributed by atoms with van der Waals surface area (Å²) < 4.78 is 5.06. The molecule has 0 unspecified atom stereocenters. The summed E-state index contributed by atoms with van der Waals surface area (Å²) in [4.78, 5) is 34.6. The third kappa shape index (κ3) is 4.25. The summed E-state index contributed by atoms with van der Waals surface area (Å²) in [7, 11) is 1.59. The summed E-state index contributed by atoms with van der Waals surface area (Å²) in [5, 5.41) is 6.32. The van der Waals surface area contributed by atoms with E-state index in [9.17, 15) is 9.59 Å². The summed E-state index contributed by atoms with van der Waals surface area (Å²) in [6.07, 6.45) is 4.33. The number of nitrogens with zero attached hydrogens (tertiary/aromatic N) is 4. The van der Waals surface area contributed by atoms with Gasteiger partial charge >= 0.3 is 0 Å². The Morgan fingerprint density at radius 1 is 1.38 bits per heavy atom.